The van der Waals surface area contributed by atoms with Gasteiger partial charge in [0.15, 0.2) is 0 Å². The van der Waals surface area contributed by atoms with Gasteiger partial charge in [0.1, 0.15) is 18.2 Å². The van der Waals surface area contributed by atoms with Gasteiger partial charge >= 0.3 is 0 Å². The Bertz CT molecular complexity index is 1060. The molecule has 0 saturated carbocycles. The van der Waals surface area contributed by atoms with Crippen molar-refractivity contribution in [1.29, 1.82) is 0 Å². The SMILES string of the molecule is NC(Cc1c(OCc2ccc(F)cc2)ccc2ccccc12)c1cccnc1. The number of halogens is 1. The number of pyridine rings is 1. The van der Waals surface area contributed by atoms with Crippen molar-refractivity contribution in [2.24, 2.45) is 5.73 Å². The predicted molar refractivity (Wildman–Crippen MR) is 110 cm³/mol. The van der Waals surface area contributed by atoms with Crippen molar-refractivity contribution < 1.29 is 9.13 Å². The summed E-state index contributed by atoms with van der Waals surface area (Å²) in [5.74, 6) is 0.542. The van der Waals surface area contributed by atoms with Crippen molar-refractivity contribution in [2.45, 2.75) is 19.1 Å². The Kier molecular flexibility index (Phi) is 5.31. The lowest BCUT2D eigenvalue weighted by Gasteiger charge is -2.18. The number of nitrogens with zero attached hydrogens (tertiary/aromatic N) is 1. The van der Waals surface area contributed by atoms with E-state index in [1.165, 1.54) is 12.1 Å². The van der Waals surface area contributed by atoms with Crippen LogP contribution in [0.5, 0.6) is 5.75 Å². The first kappa shape index (κ1) is 18.1. The molecule has 1 atom stereocenters. The summed E-state index contributed by atoms with van der Waals surface area (Å²) in [7, 11) is 0. The highest BCUT2D eigenvalue weighted by atomic mass is 19.1. The zero-order valence-electron chi connectivity index (χ0n) is 15.4. The van der Waals surface area contributed by atoms with Crippen LogP contribution in [0.4, 0.5) is 4.39 Å². The minimum atomic E-state index is -0.252. The number of aromatic nitrogens is 1. The molecule has 3 nitrogen and oxygen atoms in total. The Labute approximate surface area is 163 Å². The van der Waals surface area contributed by atoms with E-state index >= 15 is 0 Å². The number of benzene rings is 3. The van der Waals surface area contributed by atoms with Crippen LogP contribution in [0.3, 0.4) is 0 Å². The maximum Gasteiger partial charge on any atom is 0.123 e. The first-order valence-electron chi connectivity index (χ1n) is 9.24. The minimum Gasteiger partial charge on any atom is -0.489 e. The Morgan fingerprint density at radius 3 is 2.54 bits per heavy atom. The highest BCUT2D eigenvalue weighted by Crippen LogP contribution is 2.32. The highest BCUT2D eigenvalue weighted by Gasteiger charge is 2.15. The van der Waals surface area contributed by atoms with Gasteiger partial charge in [-0.2, -0.15) is 0 Å². The second kappa shape index (κ2) is 8.19. The molecule has 3 aromatic carbocycles. The molecule has 140 valence electrons. The molecule has 0 spiro atoms. The van der Waals surface area contributed by atoms with Gasteiger partial charge in [-0.1, -0.05) is 48.5 Å². The Morgan fingerprint density at radius 1 is 0.929 bits per heavy atom. The fraction of sp³-hybridized carbons (Fsp3) is 0.125. The van der Waals surface area contributed by atoms with E-state index in [0.29, 0.717) is 13.0 Å². The molecule has 4 aromatic rings. The molecule has 1 unspecified atom stereocenters. The summed E-state index contributed by atoms with van der Waals surface area (Å²) >= 11 is 0. The van der Waals surface area contributed by atoms with E-state index in [4.69, 9.17) is 10.5 Å². The molecule has 0 saturated heterocycles. The molecule has 1 aromatic heterocycles. The molecule has 0 amide bonds. The fourth-order valence-corrected chi connectivity index (χ4v) is 3.34. The number of nitrogens with two attached hydrogens (primary N) is 1. The molecule has 0 bridgehead atoms. The first-order chi connectivity index (χ1) is 13.7. The summed E-state index contributed by atoms with van der Waals surface area (Å²) in [5, 5.41) is 2.27. The normalized spacial score (nSPS) is 12.1. The third-order valence-electron chi connectivity index (χ3n) is 4.84. The molecule has 2 N–H and O–H groups in total. The Hall–Kier alpha value is -3.24. The molecule has 0 aliphatic heterocycles. The summed E-state index contributed by atoms with van der Waals surface area (Å²) in [4.78, 5) is 4.17. The van der Waals surface area contributed by atoms with E-state index in [-0.39, 0.29) is 11.9 Å². The summed E-state index contributed by atoms with van der Waals surface area (Å²) in [6.45, 7) is 0.369. The lowest BCUT2D eigenvalue weighted by Crippen LogP contribution is -2.14. The lowest BCUT2D eigenvalue weighted by molar-refractivity contribution is 0.302. The van der Waals surface area contributed by atoms with Crippen molar-refractivity contribution >= 4 is 10.8 Å². The van der Waals surface area contributed by atoms with E-state index in [9.17, 15) is 4.39 Å². The van der Waals surface area contributed by atoms with Gasteiger partial charge in [-0.05, 0) is 52.6 Å². The zero-order chi connectivity index (χ0) is 19.3. The van der Waals surface area contributed by atoms with Crippen LogP contribution in [0.15, 0.2) is 85.2 Å². The monoisotopic (exact) mass is 372 g/mol. The van der Waals surface area contributed by atoms with E-state index in [0.717, 1.165) is 33.2 Å². The standard InChI is InChI=1S/C24H21FN2O/c25-20-10-7-17(8-11-20)16-28-24-12-9-18-4-1-2-6-21(18)22(24)14-23(26)19-5-3-13-27-15-19/h1-13,15,23H,14,16,26H2. The number of rotatable bonds is 6. The van der Waals surface area contributed by atoms with Crippen LogP contribution in [0.25, 0.3) is 10.8 Å². The summed E-state index contributed by atoms with van der Waals surface area (Å²) < 4.78 is 19.2. The fourth-order valence-electron chi connectivity index (χ4n) is 3.34. The van der Waals surface area contributed by atoms with E-state index in [1.807, 2.05) is 30.3 Å². The van der Waals surface area contributed by atoms with Crippen LogP contribution in [0, 0.1) is 5.82 Å². The topological polar surface area (TPSA) is 48.1 Å². The van der Waals surface area contributed by atoms with Gasteiger partial charge in [-0.15, -0.1) is 0 Å². The molecular weight excluding hydrogens is 351 g/mol. The average molecular weight is 372 g/mol. The average Bonchev–Trinajstić information content (AvgIpc) is 2.75. The van der Waals surface area contributed by atoms with Crippen molar-refractivity contribution in [3.63, 3.8) is 0 Å². The Balaban J connectivity index is 1.65. The molecule has 28 heavy (non-hydrogen) atoms. The molecular formula is C24H21FN2O. The molecule has 4 rings (SSSR count). The summed E-state index contributed by atoms with van der Waals surface area (Å²) in [5.41, 5.74) is 9.44. The van der Waals surface area contributed by atoms with E-state index in [1.54, 1.807) is 24.5 Å². The molecule has 1 heterocycles. The quantitative estimate of drug-likeness (QED) is 0.506. The highest BCUT2D eigenvalue weighted by molar-refractivity contribution is 5.87. The largest absolute Gasteiger partial charge is 0.489 e. The van der Waals surface area contributed by atoms with Gasteiger partial charge in [0.05, 0.1) is 0 Å². The number of fused-ring (bicyclic) bond motifs is 1. The Morgan fingerprint density at radius 2 is 1.75 bits per heavy atom. The second-order valence-electron chi connectivity index (χ2n) is 6.78. The van der Waals surface area contributed by atoms with Crippen LogP contribution in [0.2, 0.25) is 0 Å². The first-order valence-corrected chi connectivity index (χ1v) is 9.24. The molecule has 0 aliphatic rings. The maximum absolute atomic E-state index is 13.1. The van der Waals surface area contributed by atoms with Crippen LogP contribution >= 0.6 is 0 Å². The van der Waals surface area contributed by atoms with Crippen LogP contribution in [-0.4, -0.2) is 4.98 Å². The third kappa shape index (κ3) is 4.02. The summed E-state index contributed by atoms with van der Waals surface area (Å²) in [6.07, 6.45) is 4.17. The third-order valence-corrected chi connectivity index (χ3v) is 4.84. The van der Waals surface area contributed by atoms with Crippen molar-refractivity contribution in [3.05, 3.63) is 108 Å². The number of hydrogen-bond donors (Lipinski definition) is 1. The molecule has 4 heteroatoms. The second-order valence-corrected chi connectivity index (χ2v) is 6.78. The number of ether oxygens (including phenoxy) is 1. The maximum atomic E-state index is 13.1. The van der Waals surface area contributed by atoms with Crippen molar-refractivity contribution in [2.75, 3.05) is 0 Å². The zero-order valence-corrected chi connectivity index (χ0v) is 15.4. The predicted octanol–water partition coefficient (Wildman–Crippen LogP) is 5.20. The van der Waals surface area contributed by atoms with Gasteiger partial charge in [0.25, 0.3) is 0 Å². The van der Waals surface area contributed by atoms with Gasteiger partial charge in [0, 0.05) is 24.0 Å². The summed E-state index contributed by atoms with van der Waals surface area (Å²) in [6, 6.07) is 22.3. The number of hydrogen-bond acceptors (Lipinski definition) is 3. The van der Waals surface area contributed by atoms with E-state index in [2.05, 4.69) is 23.2 Å². The van der Waals surface area contributed by atoms with Crippen LogP contribution in [-0.2, 0) is 13.0 Å². The molecule has 0 aliphatic carbocycles. The van der Waals surface area contributed by atoms with Crippen LogP contribution in [0.1, 0.15) is 22.7 Å². The van der Waals surface area contributed by atoms with Gasteiger partial charge in [-0.25, -0.2) is 4.39 Å². The molecule has 0 fully saturated rings. The lowest BCUT2D eigenvalue weighted by atomic mass is 9.95. The van der Waals surface area contributed by atoms with Gasteiger partial charge in [-0.3, -0.25) is 4.98 Å². The molecule has 0 radical (unpaired) electrons. The van der Waals surface area contributed by atoms with Crippen molar-refractivity contribution in [1.82, 2.24) is 4.98 Å². The van der Waals surface area contributed by atoms with Crippen LogP contribution < -0.4 is 10.5 Å². The smallest absolute Gasteiger partial charge is 0.123 e. The van der Waals surface area contributed by atoms with Crippen molar-refractivity contribution in [3.8, 4) is 5.75 Å². The van der Waals surface area contributed by atoms with E-state index < -0.39 is 0 Å². The minimum absolute atomic E-state index is 0.187. The van der Waals surface area contributed by atoms with Gasteiger partial charge in [0.2, 0.25) is 0 Å². The van der Waals surface area contributed by atoms with Gasteiger partial charge < -0.3 is 10.5 Å².